The van der Waals surface area contributed by atoms with Crippen molar-refractivity contribution in [2.24, 2.45) is 5.73 Å². The van der Waals surface area contributed by atoms with Gasteiger partial charge in [-0.15, -0.1) is 0 Å². The molecular weight excluding hydrogens is 259 g/mol. The zero-order valence-corrected chi connectivity index (χ0v) is 11.9. The van der Waals surface area contributed by atoms with E-state index in [0.717, 1.165) is 5.56 Å². The average Bonchev–Trinajstić information content (AvgIpc) is 2.85. The summed E-state index contributed by atoms with van der Waals surface area (Å²) in [5.74, 6) is 0.429. The quantitative estimate of drug-likeness (QED) is 0.913. The predicted octanol–water partition coefficient (Wildman–Crippen LogP) is 2.60. The number of hydrogen-bond acceptors (Lipinski definition) is 4. The second kappa shape index (κ2) is 6.00. The molecule has 2 rings (SSSR count). The van der Waals surface area contributed by atoms with Gasteiger partial charge in [-0.05, 0) is 38.5 Å². The smallest absolute Gasteiger partial charge is 0.165 e. The average molecular weight is 278 g/mol. The highest BCUT2D eigenvalue weighted by Gasteiger charge is 2.11. The molecule has 6 heteroatoms. The molecule has 0 aliphatic rings. The minimum absolute atomic E-state index is 0.173. The van der Waals surface area contributed by atoms with Gasteiger partial charge in [0.25, 0.3) is 0 Å². The standard InChI is InChI=1S/C14H19FN4O/c1-9(2)19-14(17-8-18-19)7-20-13-5-4-11(10(3)16)6-12(13)15/h4-6,8-10H,7,16H2,1-3H3/t10-/m0/s1. The Hall–Kier alpha value is -1.95. The lowest BCUT2D eigenvalue weighted by atomic mass is 10.1. The number of hydrogen-bond donors (Lipinski definition) is 1. The summed E-state index contributed by atoms with van der Waals surface area (Å²) >= 11 is 0. The summed E-state index contributed by atoms with van der Waals surface area (Å²) in [6, 6.07) is 4.72. The first-order valence-electron chi connectivity index (χ1n) is 6.55. The Bertz CT molecular complexity index is 580. The van der Waals surface area contributed by atoms with Gasteiger partial charge < -0.3 is 10.5 Å². The number of halogens is 1. The molecule has 2 N–H and O–H groups in total. The van der Waals surface area contributed by atoms with Crippen LogP contribution in [0, 0.1) is 5.82 Å². The van der Waals surface area contributed by atoms with E-state index in [1.807, 2.05) is 13.8 Å². The van der Waals surface area contributed by atoms with Crippen molar-refractivity contribution in [2.75, 3.05) is 0 Å². The fraction of sp³-hybridized carbons (Fsp3) is 0.429. The van der Waals surface area contributed by atoms with Crippen molar-refractivity contribution in [3.05, 3.63) is 41.7 Å². The Balaban J connectivity index is 2.09. The van der Waals surface area contributed by atoms with Crippen molar-refractivity contribution in [1.82, 2.24) is 14.8 Å². The third-order valence-corrected chi connectivity index (χ3v) is 2.97. The van der Waals surface area contributed by atoms with Gasteiger partial charge in [-0.25, -0.2) is 14.1 Å². The highest BCUT2D eigenvalue weighted by Crippen LogP contribution is 2.22. The van der Waals surface area contributed by atoms with Crippen LogP contribution in [0.5, 0.6) is 5.75 Å². The van der Waals surface area contributed by atoms with Crippen molar-refractivity contribution < 1.29 is 9.13 Å². The maximum absolute atomic E-state index is 13.9. The van der Waals surface area contributed by atoms with Crippen LogP contribution in [0.1, 0.15) is 44.2 Å². The van der Waals surface area contributed by atoms with E-state index < -0.39 is 5.82 Å². The van der Waals surface area contributed by atoms with E-state index in [0.29, 0.717) is 5.82 Å². The maximum atomic E-state index is 13.9. The molecule has 1 aromatic heterocycles. The topological polar surface area (TPSA) is 66.0 Å². The van der Waals surface area contributed by atoms with Crippen LogP contribution in [0.4, 0.5) is 4.39 Å². The molecule has 0 radical (unpaired) electrons. The van der Waals surface area contributed by atoms with Crippen LogP contribution < -0.4 is 10.5 Å². The van der Waals surface area contributed by atoms with Gasteiger partial charge in [0, 0.05) is 12.1 Å². The van der Waals surface area contributed by atoms with Gasteiger partial charge in [-0.2, -0.15) is 5.10 Å². The van der Waals surface area contributed by atoms with Gasteiger partial charge in [-0.1, -0.05) is 6.07 Å². The van der Waals surface area contributed by atoms with Gasteiger partial charge in [0.05, 0.1) is 0 Å². The van der Waals surface area contributed by atoms with Crippen molar-refractivity contribution in [2.45, 2.75) is 39.5 Å². The van der Waals surface area contributed by atoms with Crippen LogP contribution in [-0.2, 0) is 6.61 Å². The molecule has 0 saturated carbocycles. The van der Waals surface area contributed by atoms with Crippen molar-refractivity contribution >= 4 is 0 Å². The van der Waals surface area contributed by atoms with E-state index in [-0.39, 0.29) is 24.4 Å². The normalized spacial score (nSPS) is 12.7. The summed E-state index contributed by atoms with van der Waals surface area (Å²) in [6.45, 7) is 5.97. The molecule has 1 atom stereocenters. The first-order chi connectivity index (χ1) is 9.49. The minimum Gasteiger partial charge on any atom is -0.483 e. The van der Waals surface area contributed by atoms with E-state index in [2.05, 4.69) is 10.1 Å². The fourth-order valence-corrected chi connectivity index (χ4v) is 1.87. The molecule has 0 amide bonds. The van der Waals surface area contributed by atoms with Crippen molar-refractivity contribution in [1.29, 1.82) is 0 Å². The molecule has 0 aliphatic carbocycles. The van der Waals surface area contributed by atoms with Crippen LogP contribution in [0.3, 0.4) is 0 Å². The Labute approximate surface area is 117 Å². The number of rotatable bonds is 5. The molecule has 0 unspecified atom stereocenters. The summed E-state index contributed by atoms with van der Waals surface area (Å²) < 4.78 is 21.1. The second-order valence-electron chi connectivity index (χ2n) is 4.98. The molecule has 0 bridgehead atoms. The minimum atomic E-state index is -0.421. The summed E-state index contributed by atoms with van der Waals surface area (Å²) in [7, 11) is 0. The molecule has 0 saturated heterocycles. The summed E-state index contributed by atoms with van der Waals surface area (Å²) in [5.41, 5.74) is 6.44. The predicted molar refractivity (Wildman–Crippen MR) is 73.7 cm³/mol. The van der Waals surface area contributed by atoms with E-state index in [9.17, 15) is 4.39 Å². The van der Waals surface area contributed by atoms with Gasteiger partial charge in [-0.3, -0.25) is 0 Å². The molecule has 108 valence electrons. The van der Waals surface area contributed by atoms with Gasteiger partial charge in [0.2, 0.25) is 0 Å². The van der Waals surface area contributed by atoms with Crippen LogP contribution >= 0.6 is 0 Å². The molecule has 20 heavy (non-hydrogen) atoms. The summed E-state index contributed by atoms with van der Waals surface area (Å²) in [4.78, 5) is 4.11. The largest absolute Gasteiger partial charge is 0.483 e. The van der Waals surface area contributed by atoms with E-state index in [4.69, 9.17) is 10.5 Å². The van der Waals surface area contributed by atoms with Crippen molar-refractivity contribution in [3.8, 4) is 5.75 Å². The Kier molecular flexibility index (Phi) is 4.34. The first-order valence-corrected chi connectivity index (χ1v) is 6.55. The molecule has 0 spiro atoms. The molecule has 5 nitrogen and oxygen atoms in total. The number of nitrogens with zero attached hydrogens (tertiary/aromatic N) is 3. The first kappa shape index (κ1) is 14.5. The Morgan fingerprint density at radius 1 is 1.35 bits per heavy atom. The zero-order chi connectivity index (χ0) is 14.7. The van der Waals surface area contributed by atoms with Gasteiger partial charge >= 0.3 is 0 Å². The fourth-order valence-electron chi connectivity index (χ4n) is 1.87. The molecule has 2 aromatic rings. The maximum Gasteiger partial charge on any atom is 0.165 e. The number of ether oxygens (including phenoxy) is 1. The molecule has 1 aromatic carbocycles. The van der Waals surface area contributed by atoms with Crippen LogP contribution in [-0.4, -0.2) is 14.8 Å². The SMILES string of the molecule is CC(C)n1ncnc1COc1ccc([C@H](C)N)cc1F. The molecule has 0 aliphatic heterocycles. The Morgan fingerprint density at radius 2 is 2.10 bits per heavy atom. The lowest BCUT2D eigenvalue weighted by molar-refractivity contribution is 0.269. The number of nitrogens with two attached hydrogens (primary N) is 1. The van der Waals surface area contributed by atoms with Gasteiger partial charge in [0.15, 0.2) is 17.4 Å². The van der Waals surface area contributed by atoms with Crippen molar-refractivity contribution in [3.63, 3.8) is 0 Å². The lowest BCUT2D eigenvalue weighted by Gasteiger charge is -2.12. The monoisotopic (exact) mass is 278 g/mol. The molecular formula is C14H19FN4O. The summed E-state index contributed by atoms with van der Waals surface area (Å²) in [6.07, 6.45) is 1.47. The molecule has 1 heterocycles. The number of aromatic nitrogens is 3. The highest BCUT2D eigenvalue weighted by molar-refractivity contribution is 5.30. The van der Waals surface area contributed by atoms with Gasteiger partial charge in [0.1, 0.15) is 12.9 Å². The van der Waals surface area contributed by atoms with Crippen LogP contribution in [0.25, 0.3) is 0 Å². The third kappa shape index (κ3) is 3.14. The zero-order valence-electron chi connectivity index (χ0n) is 11.9. The summed E-state index contributed by atoms with van der Waals surface area (Å²) in [5, 5.41) is 4.10. The van der Waals surface area contributed by atoms with E-state index >= 15 is 0 Å². The van der Waals surface area contributed by atoms with E-state index in [1.165, 1.54) is 12.4 Å². The lowest BCUT2D eigenvalue weighted by Crippen LogP contribution is -2.11. The molecule has 0 fully saturated rings. The highest BCUT2D eigenvalue weighted by atomic mass is 19.1. The van der Waals surface area contributed by atoms with E-state index in [1.54, 1.807) is 23.7 Å². The number of benzene rings is 1. The van der Waals surface area contributed by atoms with Crippen LogP contribution in [0.2, 0.25) is 0 Å². The Morgan fingerprint density at radius 3 is 2.70 bits per heavy atom. The second-order valence-corrected chi connectivity index (χ2v) is 4.98. The van der Waals surface area contributed by atoms with Crippen LogP contribution in [0.15, 0.2) is 24.5 Å². The third-order valence-electron chi connectivity index (χ3n) is 2.97.